The van der Waals surface area contributed by atoms with E-state index in [0.29, 0.717) is 0 Å². The maximum Gasteiger partial charge on any atom is 0.416 e. The van der Waals surface area contributed by atoms with Gasteiger partial charge in [-0.25, -0.2) is 9.37 Å². The lowest BCUT2D eigenvalue weighted by Crippen LogP contribution is -2.04. The molecule has 0 aliphatic rings. The van der Waals surface area contributed by atoms with Crippen LogP contribution in [0, 0.1) is 5.82 Å². The monoisotopic (exact) mass is 375 g/mol. The first-order valence-electron chi connectivity index (χ1n) is 7.63. The average molecular weight is 375 g/mol. The highest BCUT2D eigenvalue weighted by Crippen LogP contribution is 2.35. The van der Waals surface area contributed by atoms with Gasteiger partial charge >= 0.3 is 6.18 Å². The number of benzene rings is 2. The summed E-state index contributed by atoms with van der Waals surface area (Å²) in [6.45, 7) is 0. The zero-order valence-corrected chi connectivity index (χ0v) is 13.4. The normalized spacial score (nSPS) is 11.7. The third-order valence-corrected chi connectivity index (χ3v) is 3.76. The van der Waals surface area contributed by atoms with E-state index in [0.717, 1.165) is 18.5 Å². The zero-order valence-electron chi connectivity index (χ0n) is 13.4. The molecule has 0 aliphatic carbocycles. The molecular formula is C18H9F4N3O2. The van der Waals surface area contributed by atoms with Gasteiger partial charge < -0.3 is 8.94 Å². The molecule has 27 heavy (non-hydrogen) atoms. The molecule has 0 amide bonds. The number of alkyl halides is 3. The van der Waals surface area contributed by atoms with E-state index in [2.05, 4.69) is 15.1 Å². The maximum atomic E-state index is 13.9. The molecule has 0 unspecified atom stereocenters. The van der Waals surface area contributed by atoms with Gasteiger partial charge in [0.15, 0.2) is 17.8 Å². The highest BCUT2D eigenvalue weighted by atomic mass is 19.4. The number of hydrogen-bond donors (Lipinski definition) is 0. The van der Waals surface area contributed by atoms with Crippen molar-refractivity contribution in [1.29, 1.82) is 0 Å². The Balaban J connectivity index is 1.75. The van der Waals surface area contributed by atoms with Gasteiger partial charge in [0.25, 0.3) is 5.89 Å². The lowest BCUT2D eigenvalue weighted by Gasteiger charge is -2.07. The van der Waals surface area contributed by atoms with Crippen molar-refractivity contribution in [2.45, 2.75) is 6.18 Å². The number of halogens is 4. The van der Waals surface area contributed by atoms with Crippen LogP contribution in [0.4, 0.5) is 17.6 Å². The van der Waals surface area contributed by atoms with Crippen LogP contribution in [0.3, 0.4) is 0 Å². The number of hydrogen-bond acceptors (Lipinski definition) is 5. The molecule has 0 fully saturated rings. The fourth-order valence-corrected chi connectivity index (χ4v) is 2.51. The van der Waals surface area contributed by atoms with Crippen LogP contribution in [0.1, 0.15) is 5.56 Å². The number of rotatable bonds is 3. The maximum absolute atomic E-state index is 13.9. The molecule has 0 radical (unpaired) electrons. The quantitative estimate of drug-likeness (QED) is 0.460. The Bertz CT molecular complexity index is 1100. The van der Waals surface area contributed by atoms with E-state index < -0.39 is 17.6 Å². The van der Waals surface area contributed by atoms with Gasteiger partial charge in [0, 0.05) is 5.56 Å². The van der Waals surface area contributed by atoms with Crippen molar-refractivity contribution in [1.82, 2.24) is 15.1 Å². The minimum Gasteiger partial charge on any atom is -0.443 e. The van der Waals surface area contributed by atoms with Crippen molar-refractivity contribution < 1.29 is 26.5 Å². The molecule has 0 spiro atoms. The van der Waals surface area contributed by atoms with Gasteiger partial charge in [0.05, 0.1) is 11.1 Å². The SMILES string of the molecule is Fc1ccccc1-c1nc(-c2ncoc2-c2cccc(C(F)(F)F)c2)no1. The van der Waals surface area contributed by atoms with Gasteiger partial charge in [-0.1, -0.05) is 29.4 Å². The van der Waals surface area contributed by atoms with Crippen LogP contribution in [0.15, 0.2) is 63.9 Å². The van der Waals surface area contributed by atoms with E-state index in [1.807, 2.05) is 0 Å². The molecule has 0 bridgehead atoms. The Labute approximate surface area is 149 Å². The summed E-state index contributed by atoms with van der Waals surface area (Å²) >= 11 is 0. The Kier molecular flexibility index (Phi) is 3.98. The van der Waals surface area contributed by atoms with Crippen LogP contribution < -0.4 is 0 Å². The van der Waals surface area contributed by atoms with Gasteiger partial charge in [-0.3, -0.25) is 0 Å². The molecular weight excluding hydrogens is 366 g/mol. The number of oxazole rings is 1. The molecule has 0 aliphatic heterocycles. The van der Waals surface area contributed by atoms with Crippen molar-refractivity contribution in [3.63, 3.8) is 0 Å². The predicted octanol–water partition coefficient (Wildman–Crippen LogP) is 5.22. The predicted molar refractivity (Wildman–Crippen MR) is 85.6 cm³/mol. The summed E-state index contributed by atoms with van der Waals surface area (Å²) in [6.07, 6.45) is -3.44. The Morgan fingerprint density at radius 2 is 1.78 bits per heavy atom. The van der Waals surface area contributed by atoms with Crippen LogP contribution in [0.5, 0.6) is 0 Å². The largest absolute Gasteiger partial charge is 0.443 e. The second-order valence-corrected chi connectivity index (χ2v) is 5.51. The van der Waals surface area contributed by atoms with Crippen molar-refractivity contribution in [3.05, 3.63) is 66.3 Å². The zero-order chi connectivity index (χ0) is 19.0. The van der Waals surface area contributed by atoms with Gasteiger partial charge in [0.1, 0.15) is 5.82 Å². The smallest absolute Gasteiger partial charge is 0.416 e. The lowest BCUT2D eigenvalue weighted by molar-refractivity contribution is -0.137. The van der Waals surface area contributed by atoms with E-state index in [1.54, 1.807) is 6.07 Å². The van der Waals surface area contributed by atoms with Crippen LogP contribution >= 0.6 is 0 Å². The van der Waals surface area contributed by atoms with E-state index in [-0.39, 0.29) is 34.3 Å². The van der Waals surface area contributed by atoms with Crippen molar-refractivity contribution >= 4 is 0 Å². The van der Waals surface area contributed by atoms with Gasteiger partial charge in [-0.2, -0.15) is 18.2 Å². The van der Waals surface area contributed by atoms with Crippen molar-refractivity contribution in [3.8, 4) is 34.3 Å². The van der Waals surface area contributed by atoms with Crippen LogP contribution in [-0.2, 0) is 6.18 Å². The van der Waals surface area contributed by atoms with Crippen LogP contribution in [-0.4, -0.2) is 15.1 Å². The fourth-order valence-electron chi connectivity index (χ4n) is 2.51. The van der Waals surface area contributed by atoms with Crippen LogP contribution in [0.2, 0.25) is 0 Å². The van der Waals surface area contributed by atoms with Gasteiger partial charge in [-0.05, 0) is 24.3 Å². The highest BCUT2D eigenvalue weighted by Gasteiger charge is 2.31. The average Bonchev–Trinajstić information content (AvgIpc) is 3.31. The summed E-state index contributed by atoms with van der Waals surface area (Å²) < 4.78 is 63.0. The first kappa shape index (κ1) is 17.0. The minimum absolute atomic E-state index is 0.0329. The molecule has 9 heteroatoms. The summed E-state index contributed by atoms with van der Waals surface area (Å²) in [6, 6.07) is 10.4. The molecule has 2 aromatic carbocycles. The molecule has 0 atom stereocenters. The van der Waals surface area contributed by atoms with E-state index in [1.165, 1.54) is 30.3 Å². The molecule has 0 saturated heterocycles. The topological polar surface area (TPSA) is 65.0 Å². The van der Waals surface area contributed by atoms with Gasteiger partial charge in [0.2, 0.25) is 5.82 Å². The Morgan fingerprint density at radius 1 is 0.963 bits per heavy atom. The number of aromatic nitrogens is 3. The molecule has 136 valence electrons. The highest BCUT2D eigenvalue weighted by molar-refractivity contribution is 5.74. The molecule has 4 rings (SSSR count). The van der Waals surface area contributed by atoms with Crippen LogP contribution in [0.25, 0.3) is 34.3 Å². The lowest BCUT2D eigenvalue weighted by atomic mass is 10.1. The molecule has 0 saturated carbocycles. The summed E-state index contributed by atoms with van der Waals surface area (Å²) in [5.41, 5.74) is -0.502. The molecule has 0 N–H and O–H groups in total. The molecule has 5 nitrogen and oxygen atoms in total. The summed E-state index contributed by atoms with van der Waals surface area (Å²) in [7, 11) is 0. The summed E-state index contributed by atoms with van der Waals surface area (Å²) in [5.74, 6) is -0.622. The van der Waals surface area contributed by atoms with E-state index in [4.69, 9.17) is 8.94 Å². The Hall–Kier alpha value is -3.49. The second-order valence-electron chi connectivity index (χ2n) is 5.51. The summed E-state index contributed by atoms with van der Waals surface area (Å²) in [5, 5.41) is 3.74. The first-order valence-corrected chi connectivity index (χ1v) is 7.63. The first-order chi connectivity index (χ1) is 12.9. The van der Waals surface area contributed by atoms with Crippen molar-refractivity contribution in [2.75, 3.05) is 0 Å². The standard InChI is InChI=1S/C18H9F4N3O2/c19-13-7-2-1-6-12(13)17-24-16(25-27-17)14-15(26-9-23-14)10-4-3-5-11(8-10)18(20,21)22/h1-9H. The third kappa shape index (κ3) is 3.19. The van der Waals surface area contributed by atoms with Crippen molar-refractivity contribution in [2.24, 2.45) is 0 Å². The number of nitrogens with zero attached hydrogens (tertiary/aromatic N) is 3. The van der Waals surface area contributed by atoms with Gasteiger partial charge in [-0.15, -0.1) is 0 Å². The molecule has 2 heterocycles. The Morgan fingerprint density at radius 3 is 2.56 bits per heavy atom. The summed E-state index contributed by atoms with van der Waals surface area (Å²) in [4.78, 5) is 8.04. The molecule has 4 aromatic rings. The van der Waals surface area contributed by atoms with E-state index in [9.17, 15) is 17.6 Å². The fraction of sp³-hybridized carbons (Fsp3) is 0.0556. The minimum atomic E-state index is -4.50. The third-order valence-electron chi connectivity index (χ3n) is 3.76. The molecule has 2 aromatic heterocycles. The second kappa shape index (κ2) is 6.35. The van der Waals surface area contributed by atoms with E-state index >= 15 is 0 Å².